The molecule has 0 saturated heterocycles. The molecule has 5 nitrogen and oxygen atoms in total. The third kappa shape index (κ3) is 4.34. The van der Waals surface area contributed by atoms with Gasteiger partial charge in [0, 0.05) is 18.8 Å². The van der Waals surface area contributed by atoms with Crippen molar-refractivity contribution in [2.45, 2.75) is 13.0 Å². The van der Waals surface area contributed by atoms with E-state index >= 15 is 0 Å². The molecule has 1 aromatic rings. The zero-order valence-electron chi connectivity index (χ0n) is 9.22. The van der Waals surface area contributed by atoms with Crippen LogP contribution in [0.25, 0.3) is 0 Å². The lowest BCUT2D eigenvalue weighted by Crippen LogP contribution is -2.27. The summed E-state index contributed by atoms with van der Waals surface area (Å²) in [4.78, 5) is 0. The fourth-order valence-electron chi connectivity index (χ4n) is 1.19. The molecule has 0 aliphatic rings. The molecule has 0 saturated carbocycles. The molecular weight excluding hydrogens is 230 g/mol. The zero-order chi connectivity index (χ0) is 12.0. The molecule has 1 unspecified atom stereocenters. The molecule has 1 aromatic heterocycles. The fraction of sp³-hybridized carbons (Fsp3) is 0.600. The molecule has 1 heterocycles. The van der Waals surface area contributed by atoms with E-state index in [9.17, 15) is 13.5 Å². The minimum atomic E-state index is -2.94. The van der Waals surface area contributed by atoms with Gasteiger partial charge in [-0.1, -0.05) is 6.92 Å². The van der Waals surface area contributed by atoms with Crippen molar-refractivity contribution in [3.8, 4) is 0 Å². The van der Waals surface area contributed by atoms with E-state index in [1.807, 2.05) is 0 Å². The molecule has 0 bridgehead atoms. The van der Waals surface area contributed by atoms with E-state index < -0.39 is 15.9 Å². The third-order valence-electron chi connectivity index (χ3n) is 2.24. The van der Waals surface area contributed by atoms with Crippen molar-refractivity contribution in [2.24, 2.45) is 0 Å². The first-order valence-electron chi connectivity index (χ1n) is 5.18. The predicted molar refractivity (Wildman–Crippen MR) is 60.9 cm³/mol. The van der Waals surface area contributed by atoms with Crippen molar-refractivity contribution < 1.29 is 17.9 Å². The van der Waals surface area contributed by atoms with Crippen LogP contribution in [0.15, 0.2) is 22.8 Å². The number of aliphatic hydroxyl groups excluding tert-OH is 1. The Hall–Kier alpha value is -0.850. The van der Waals surface area contributed by atoms with E-state index in [4.69, 9.17) is 4.42 Å². The average Bonchev–Trinajstić information content (AvgIpc) is 2.77. The van der Waals surface area contributed by atoms with Gasteiger partial charge in [0.15, 0.2) is 9.84 Å². The maximum absolute atomic E-state index is 11.2. The Morgan fingerprint density at radius 2 is 2.31 bits per heavy atom. The monoisotopic (exact) mass is 247 g/mol. The SMILES string of the molecule is CCS(=O)(=O)CCNCC(O)c1ccco1. The molecule has 0 spiro atoms. The first-order valence-corrected chi connectivity index (χ1v) is 7.00. The molecule has 0 aliphatic carbocycles. The molecule has 6 heteroatoms. The van der Waals surface area contributed by atoms with Crippen LogP contribution in [0.3, 0.4) is 0 Å². The molecule has 1 rings (SSSR count). The van der Waals surface area contributed by atoms with Gasteiger partial charge >= 0.3 is 0 Å². The third-order valence-corrected chi connectivity index (χ3v) is 3.94. The quantitative estimate of drug-likeness (QED) is 0.679. The highest BCUT2D eigenvalue weighted by Gasteiger charge is 2.11. The Balaban J connectivity index is 2.22. The second-order valence-electron chi connectivity index (χ2n) is 3.47. The summed E-state index contributed by atoms with van der Waals surface area (Å²) >= 11 is 0. The first-order chi connectivity index (χ1) is 7.55. The summed E-state index contributed by atoms with van der Waals surface area (Å²) in [5, 5.41) is 12.5. The standard InChI is InChI=1S/C10H17NO4S/c1-2-16(13,14)7-5-11-8-9(12)10-4-3-6-15-10/h3-4,6,9,11-12H,2,5,7-8H2,1H3. The van der Waals surface area contributed by atoms with Gasteiger partial charge in [-0.3, -0.25) is 0 Å². The van der Waals surface area contributed by atoms with Crippen molar-refractivity contribution >= 4 is 9.84 Å². The second kappa shape index (κ2) is 6.03. The van der Waals surface area contributed by atoms with Gasteiger partial charge < -0.3 is 14.8 Å². The minimum Gasteiger partial charge on any atom is -0.467 e. The summed E-state index contributed by atoms with van der Waals surface area (Å²) in [6.45, 7) is 2.24. The van der Waals surface area contributed by atoms with Crippen molar-refractivity contribution in [3.05, 3.63) is 24.2 Å². The van der Waals surface area contributed by atoms with Gasteiger partial charge in [-0.2, -0.15) is 0 Å². The van der Waals surface area contributed by atoms with Crippen LogP contribution in [-0.4, -0.2) is 38.1 Å². The van der Waals surface area contributed by atoms with Crippen LogP contribution in [-0.2, 0) is 9.84 Å². The molecule has 2 N–H and O–H groups in total. The Kier molecular flexibility index (Phi) is 4.98. The highest BCUT2D eigenvalue weighted by atomic mass is 32.2. The Bertz CT molecular complexity index is 385. The smallest absolute Gasteiger partial charge is 0.151 e. The lowest BCUT2D eigenvalue weighted by molar-refractivity contribution is 0.148. The number of nitrogens with one attached hydrogen (secondary N) is 1. The van der Waals surface area contributed by atoms with Crippen molar-refractivity contribution in [1.29, 1.82) is 0 Å². The van der Waals surface area contributed by atoms with Gasteiger partial charge in [0.05, 0.1) is 12.0 Å². The van der Waals surface area contributed by atoms with Crippen LogP contribution in [0.1, 0.15) is 18.8 Å². The Labute approximate surface area is 95.4 Å². The highest BCUT2D eigenvalue weighted by molar-refractivity contribution is 7.91. The van der Waals surface area contributed by atoms with Gasteiger partial charge in [-0.25, -0.2) is 8.42 Å². The van der Waals surface area contributed by atoms with Crippen molar-refractivity contribution in [3.63, 3.8) is 0 Å². The lowest BCUT2D eigenvalue weighted by Gasteiger charge is -2.09. The van der Waals surface area contributed by atoms with Gasteiger partial charge in [-0.05, 0) is 12.1 Å². The van der Waals surface area contributed by atoms with Crippen molar-refractivity contribution in [2.75, 3.05) is 24.6 Å². The molecule has 1 atom stereocenters. The molecule has 0 fully saturated rings. The number of hydrogen-bond acceptors (Lipinski definition) is 5. The van der Waals surface area contributed by atoms with Gasteiger partial charge in [0.2, 0.25) is 0 Å². The number of sulfone groups is 1. The lowest BCUT2D eigenvalue weighted by atomic mass is 10.3. The number of hydrogen-bond donors (Lipinski definition) is 2. The zero-order valence-corrected chi connectivity index (χ0v) is 10.0. The summed E-state index contributed by atoms with van der Waals surface area (Å²) in [5.41, 5.74) is 0. The molecular formula is C10H17NO4S. The summed E-state index contributed by atoms with van der Waals surface area (Å²) in [6, 6.07) is 3.37. The Morgan fingerprint density at radius 1 is 1.56 bits per heavy atom. The van der Waals surface area contributed by atoms with Crippen LogP contribution in [0, 0.1) is 0 Å². The molecule has 92 valence electrons. The van der Waals surface area contributed by atoms with Gasteiger partial charge in [0.25, 0.3) is 0 Å². The molecule has 0 amide bonds. The summed E-state index contributed by atoms with van der Waals surface area (Å²) in [5.74, 6) is 0.718. The maximum Gasteiger partial charge on any atom is 0.151 e. The van der Waals surface area contributed by atoms with Crippen LogP contribution in [0.5, 0.6) is 0 Å². The largest absolute Gasteiger partial charge is 0.467 e. The maximum atomic E-state index is 11.2. The van der Waals surface area contributed by atoms with Crippen LogP contribution >= 0.6 is 0 Å². The van der Waals surface area contributed by atoms with E-state index in [1.54, 1.807) is 19.1 Å². The summed E-state index contributed by atoms with van der Waals surface area (Å²) in [6.07, 6.45) is 0.749. The Morgan fingerprint density at radius 3 is 2.88 bits per heavy atom. The van der Waals surface area contributed by atoms with E-state index in [0.717, 1.165) is 0 Å². The second-order valence-corrected chi connectivity index (χ2v) is 5.94. The van der Waals surface area contributed by atoms with Gasteiger partial charge in [-0.15, -0.1) is 0 Å². The number of aliphatic hydroxyl groups is 1. The topological polar surface area (TPSA) is 79.5 Å². The first kappa shape index (κ1) is 13.2. The van der Waals surface area contributed by atoms with Crippen LogP contribution < -0.4 is 5.32 Å². The molecule has 0 aromatic carbocycles. The molecule has 0 aliphatic heterocycles. The van der Waals surface area contributed by atoms with E-state index in [1.165, 1.54) is 6.26 Å². The number of furan rings is 1. The van der Waals surface area contributed by atoms with E-state index in [2.05, 4.69) is 5.32 Å². The minimum absolute atomic E-state index is 0.0916. The van der Waals surface area contributed by atoms with E-state index in [0.29, 0.717) is 12.3 Å². The van der Waals surface area contributed by atoms with Crippen LogP contribution in [0.4, 0.5) is 0 Å². The molecule has 0 radical (unpaired) electrons. The number of rotatable bonds is 7. The normalized spacial score (nSPS) is 13.9. The van der Waals surface area contributed by atoms with Gasteiger partial charge in [0.1, 0.15) is 11.9 Å². The molecule has 16 heavy (non-hydrogen) atoms. The summed E-state index contributed by atoms with van der Waals surface area (Å²) < 4.78 is 27.3. The predicted octanol–water partition coefficient (Wildman–Crippen LogP) is 0.337. The highest BCUT2D eigenvalue weighted by Crippen LogP contribution is 2.11. The average molecular weight is 247 g/mol. The van der Waals surface area contributed by atoms with Crippen LogP contribution in [0.2, 0.25) is 0 Å². The van der Waals surface area contributed by atoms with Crippen molar-refractivity contribution in [1.82, 2.24) is 5.32 Å². The fourth-order valence-corrected chi connectivity index (χ4v) is 1.94. The summed E-state index contributed by atoms with van der Waals surface area (Å²) in [7, 11) is -2.94. The van der Waals surface area contributed by atoms with E-state index in [-0.39, 0.29) is 18.1 Å².